The fourth-order valence-corrected chi connectivity index (χ4v) is 6.99. The zero-order valence-corrected chi connectivity index (χ0v) is 19.2. The predicted molar refractivity (Wildman–Crippen MR) is 119 cm³/mol. The summed E-state index contributed by atoms with van der Waals surface area (Å²) in [5.74, 6) is -1.97. The van der Waals surface area contributed by atoms with Crippen LogP contribution in [0.2, 0.25) is 5.02 Å². The van der Waals surface area contributed by atoms with Crippen LogP contribution in [0.25, 0.3) is 0 Å². The molecule has 2 aromatic rings. The Bertz CT molecular complexity index is 1360. The number of aliphatic hydroxyl groups excluding tert-OH is 1. The van der Waals surface area contributed by atoms with Gasteiger partial charge in [0.15, 0.2) is 5.75 Å². The fourth-order valence-electron chi connectivity index (χ4n) is 6.78. The van der Waals surface area contributed by atoms with Crippen molar-refractivity contribution in [3.63, 3.8) is 0 Å². The van der Waals surface area contributed by atoms with E-state index in [0.29, 0.717) is 24.0 Å². The molecule has 8 nitrogen and oxygen atoms in total. The molecule has 178 valence electrons. The smallest absolute Gasteiger partial charge is 0.296 e. The molecule has 2 amide bonds. The van der Waals surface area contributed by atoms with Crippen LogP contribution in [0.3, 0.4) is 0 Å². The second kappa shape index (κ2) is 6.82. The first-order valence-electron chi connectivity index (χ1n) is 11.3. The van der Waals surface area contributed by atoms with Crippen molar-refractivity contribution in [2.75, 3.05) is 20.2 Å². The first-order chi connectivity index (χ1) is 16.2. The van der Waals surface area contributed by atoms with E-state index in [9.17, 15) is 29.0 Å². The van der Waals surface area contributed by atoms with E-state index in [1.54, 1.807) is 7.05 Å². The number of hydrogen-bond donors (Lipinski definition) is 2. The van der Waals surface area contributed by atoms with Gasteiger partial charge in [-0.05, 0) is 49.3 Å². The summed E-state index contributed by atoms with van der Waals surface area (Å²) in [7, 11) is 1.63. The molecule has 3 heterocycles. The number of aliphatic hydroxyl groups is 1. The van der Waals surface area contributed by atoms with Crippen LogP contribution in [0.1, 0.15) is 51.2 Å². The molecule has 6 rings (SSSR count). The van der Waals surface area contributed by atoms with Crippen LogP contribution in [0.5, 0.6) is 5.75 Å². The maximum Gasteiger partial charge on any atom is 0.296 e. The number of nitrogens with zero attached hydrogens (tertiary/aromatic N) is 3. The maximum absolute atomic E-state index is 13.5. The molecule has 3 atom stereocenters. The van der Waals surface area contributed by atoms with Crippen molar-refractivity contribution in [3.05, 3.63) is 61.8 Å². The number of benzene rings is 1. The SMILES string of the molecule is CN1C(=O)c2c3c(c(O)c(=O)n2[C@]12CC[C@H]1C[C@@]12CO)C(=O)N(Cc1ccc(F)c(Cl)c1)CC3. The number of carbonyl (C=O) groups excluding carboxylic acids is 2. The van der Waals surface area contributed by atoms with Crippen LogP contribution in [-0.4, -0.2) is 56.6 Å². The molecule has 0 radical (unpaired) electrons. The van der Waals surface area contributed by atoms with E-state index in [4.69, 9.17) is 11.6 Å². The van der Waals surface area contributed by atoms with Crippen molar-refractivity contribution in [2.24, 2.45) is 11.3 Å². The Labute approximate surface area is 199 Å². The van der Waals surface area contributed by atoms with Crippen molar-refractivity contribution < 1.29 is 24.2 Å². The molecule has 1 spiro atoms. The maximum atomic E-state index is 13.5. The highest BCUT2D eigenvalue weighted by Gasteiger charge is 2.76. The van der Waals surface area contributed by atoms with E-state index >= 15 is 0 Å². The standard InChI is InChI=1S/C24H23ClFN3O5/c1-27-21(33)18-14-5-7-28(10-12-2-3-16(26)15(25)8-12)20(32)17(14)19(31)22(34)29(18)24(27)6-4-13-9-23(13,24)11-30/h2-3,8,13,30-31H,4-7,9-11H2,1H3/t13-,23+,24-/m0/s1. The van der Waals surface area contributed by atoms with Crippen LogP contribution < -0.4 is 5.56 Å². The Hall–Kier alpha value is -2.91. The summed E-state index contributed by atoms with van der Waals surface area (Å²) in [6.07, 6.45) is 2.26. The van der Waals surface area contributed by atoms with Gasteiger partial charge in [-0.2, -0.15) is 0 Å². The Kier molecular flexibility index (Phi) is 4.34. The first kappa shape index (κ1) is 21.6. The number of aromatic hydroxyl groups is 1. The molecule has 0 bridgehead atoms. The Morgan fingerprint density at radius 1 is 1.24 bits per heavy atom. The Morgan fingerprint density at radius 2 is 2.00 bits per heavy atom. The highest BCUT2D eigenvalue weighted by Crippen LogP contribution is 2.72. The minimum absolute atomic E-state index is 0.0621. The summed E-state index contributed by atoms with van der Waals surface area (Å²) in [5.41, 5.74) is -1.48. The zero-order valence-electron chi connectivity index (χ0n) is 18.5. The lowest BCUT2D eigenvalue weighted by Gasteiger charge is -2.41. The minimum atomic E-state index is -1.03. The number of aromatic nitrogens is 1. The molecule has 2 aliphatic carbocycles. The van der Waals surface area contributed by atoms with Crippen molar-refractivity contribution in [1.29, 1.82) is 0 Å². The molecular formula is C24H23ClFN3O5. The topological polar surface area (TPSA) is 103 Å². The average Bonchev–Trinajstić information content (AvgIpc) is 3.40. The summed E-state index contributed by atoms with van der Waals surface area (Å²) in [6.45, 7) is 0.207. The van der Waals surface area contributed by atoms with Crippen LogP contribution >= 0.6 is 11.6 Å². The summed E-state index contributed by atoms with van der Waals surface area (Å²) in [4.78, 5) is 43.4. The number of carbonyl (C=O) groups is 2. The van der Waals surface area contributed by atoms with Crippen LogP contribution in [-0.2, 0) is 18.6 Å². The minimum Gasteiger partial charge on any atom is -0.502 e. The number of rotatable bonds is 3. The zero-order chi connectivity index (χ0) is 24.2. The Morgan fingerprint density at radius 3 is 2.68 bits per heavy atom. The number of amides is 2. The van der Waals surface area contributed by atoms with E-state index in [-0.39, 0.29) is 54.2 Å². The van der Waals surface area contributed by atoms with Crippen LogP contribution in [0.4, 0.5) is 4.39 Å². The van der Waals surface area contributed by atoms with Crippen molar-refractivity contribution >= 4 is 23.4 Å². The molecule has 1 aromatic carbocycles. The van der Waals surface area contributed by atoms with Crippen LogP contribution in [0.15, 0.2) is 23.0 Å². The van der Waals surface area contributed by atoms with Crippen molar-refractivity contribution in [2.45, 2.75) is 37.9 Å². The number of halogens is 2. The lowest BCUT2D eigenvalue weighted by molar-refractivity contribution is -0.0166. The second-order valence-electron chi connectivity index (χ2n) is 9.85. The second-order valence-corrected chi connectivity index (χ2v) is 10.3. The molecular weight excluding hydrogens is 465 g/mol. The van der Waals surface area contributed by atoms with Gasteiger partial charge in [-0.15, -0.1) is 0 Å². The molecule has 2 aliphatic heterocycles. The molecule has 2 saturated carbocycles. The summed E-state index contributed by atoms with van der Waals surface area (Å²) in [6, 6.07) is 4.17. The summed E-state index contributed by atoms with van der Waals surface area (Å²) >= 11 is 5.86. The van der Waals surface area contributed by atoms with E-state index in [1.165, 1.54) is 32.6 Å². The van der Waals surface area contributed by atoms with Crippen LogP contribution in [0, 0.1) is 17.2 Å². The van der Waals surface area contributed by atoms with E-state index in [1.807, 2.05) is 0 Å². The number of pyridine rings is 1. The third-order valence-electron chi connectivity index (χ3n) is 8.53. The molecule has 1 aromatic heterocycles. The Balaban J connectivity index is 1.47. The van der Waals surface area contributed by atoms with Crippen molar-refractivity contribution in [1.82, 2.24) is 14.4 Å². The van der Waals surface area contributed by atoms with E-state index in [2.05, 4.69) is 0 Å². The summed E-state index contributed by atoms with van der Waals surface area (Å²) in [5, 5.41) is 21.2. The highest BCUT2D eigenvalue weighted by molar-refractivity contribution is 6.30. The lowest BCUT2D eigenvalue weighted by Crippen LogP contribution is -2.54. The highest BCUT2D eigenvalue weighted by atomic mass is 35.5. The number of hydrogen-bond acceptors (Lipinski definition) is 5. The molecule has 0 saturated heterocycles. The molecule has 34 heavy (non-hydrogen) atoms. The third-order valence-corrected chi connectivity index (χ3v) is 8.82. The van der Waals surface area contributed by atoms with Gasteiger partial charge in [-0.1, -0.05) is 17.7 Å². The van der Waals surface area contributed by atoms with Gasteiger partial charge >= 0.3 is 0 Å². The van der Waals surface area contributed by atoms with E-state index < -0.39 is 34.1 Å². The van der Waals surface area contributed by atoms with Gasteiger partial charge in [0.2, 0.25) is 0 Å². The van der Waals surface area contributed by atoms with Gasteiger partial charge < -0.3 is 20.0 Å². The normalized spacial score (nSPS) is 29.0. The number of fused-ring (bicyclic) bond motifs is 6. The first-order valence-corrected chi connectivity index (χ1v) is 11.7. The molecule has 10 heteroatoms. The summed E-state index contributed by atoms with van der Waals surface area (Å²) < 4.78 is 14.9. The molecule has 2 N–H and O–H groups in total. The van der Waals surface area contributed by atoms with Gasteiger partial charge in [0, 0.05) is 31.1 Å². The van der Waals surface area contributed by atoms with Gasteiger partial charge in [0.25, 0.3) is 17.4 Å². The average molecular weight is 488 g/mol. The van der Waals surface area contributed by atoms with Crippen molar-refractivity contribution in [3.8, 4) is 5.75 Å². The largest absolute Gasteiger partial charge is 0.502 e. The third kappa shape index (κ3) is 2.39. The fraction of sp³-hybridized carbons (Fsp3) is 0.458. The lowest BCUT2D eigenvalue weighted by atomic mass is 9.89. The van der Waals surface area contributed by atoms with Gasteiger partial charge in [-0.25, -0.2) is 4.39 Å². The molecule has 2 fully saturated rings. The quantitative estimate of drug-likeness (QED) is 0.690. The van der Waals surface area contributed by atoms with Gasteiger partial charge in [-0.3, -0.25) is 19.0 Å². The monoisotopic (exact) mass is 487 g/mol. The van der Waals surface area contributed by atoms with E-state index in [0.717, 1.165) is 6.42 Å². The van der Waals surface area contributed by atoms with Gasteiger partial charge in [0.05, 0.1) is 17.2 Å². The molecule has 0 unspecified atom stereocenters. The predicted octanol–water partition coefficient (Wildman–Crippen LogP) is 2.08. The van der Waals surface area contributed by atoms with Gasteiger partial charge in [0.1, 0.15) is 17.2 Å². The molecule has 4 aliphatic rings.